The van der Waals surface area contributed by atoms with Crippen LogP contribution in [0, 0.1) is 0 Å². The number of hydrogen-bond acceptors (Lipinski definition) is 4. The zero-order valence-electron chi connectivity index (χ0n) is 9.86. The Hall–Kier alpha value is -1.49. The van der Waals surface area contributed by atoms with Crippen LogP contribution in [0.2, 0.25) is 0 Å². The summed E-state index contributed by atoms with van der Waals surface area (Å²) in [6, 6.07) is 0. The highest BCUT2D eigenvalue weighted by Crippen LogP contribution is 2.04. The predicted molar refractivity (Wildman–Crippen MR) is 62.1 cm³/mol. The molecule has 1 heterocycles. The molecule has 1 aliphatic rings. The largest absolute Gasteiger partial charge is 0.309 e. The van der Waals surface area contributed by atoms with Crippen LogP contribution in [-0.4, -0.2) is 41.6 Å². The maximum atomic E-state index is 12.0. The number of rotatable bonds is 4. The van der Waals surface area contributed by atoms with Gasteiger partial charge in [-0.2, -0.15) is 0 Å². The lowest BCUT2D eigenvalue weighted by Gasteiger charge is -2.19. The monoisotopic (exact) mass is 223 g/mol. The highest BCUT2D eigenvalue weighted by atomic mass is 16.2. The molecule has 0 aliphatic carbocycles. The van der Waals surface area contributed by atoms with Crippen molar-refractivity contribution in [3.63, 3.8) is 0 Å². The van der Waals surface area contributed by atoms with E-state index in [1.54, 1.807) is 12.3 Å². The first kappa shape index (κ1) is 12.6. The van der Waals surface area contributed by atoms with Crippen molar-refractivity contribution >= 4 is 17.4 Å². The van der Waals surface area contributed by atoms with Crippen LogP contribution in [0.1, 0.15) is 20.8 Å². The molecular weight excluding hydrogens is 206 g/mol. The molecular formula is C11H17N3O2. The third kappa shape index (κ3) is 3.27. The number of likely N-dealkylation sites (N-methyl/N-ethyl adjacent to an activating group) is 1. The van der Waals surface area contributed by atoms with Gasteiger partial charge in [-0.1, -0.05) is 6.92 Å². The molecule has 1 atom stereocenters. The second-order valence-corrected chi connectivity index (χ2v) is 3.71. The second kappa shape index (κ2) is 5.55. The number of Topliss-reactive ketones (excluding diaryl/α,β-unsaturated/α-hetero) is 1. The molecule has 1 N–H and O–H groups in total. The number of allylic oxidation sites excluding steroid dienone is 1. The third-order valence-corrected chi connectivity index (χ3v) is 2.14. The van der Waals surface area contributed by atoms with Crippen LogP contribution < -0.4 is 5.32 Å². The van der Waals surface area contributed by atoms with Gasteiger partial charge in [0.15, 0.2) is 6.17 Å². The summed E-state index contributed by atoms with van der Waals surface area (Å²) in [4.78, 5) is 28.6. The van der Waals surface area contributed by atoms with Gasteiger partial charge in [0.1, 0.15) is 5.78 Å². The van der Waals surface area contributed by atoms with Crippen LogP contribution in [0.5, 0.6) is 0 Å². The molecule has 0 aromatic rings. The van der Waals surface area contributed by atoms with Gasteiger partial charge >= 0.3 is 0 Å². The summed E-state index contributed by atoms with van der Waals surface area (Å²) in [6.45, 7) is 5.94. The molecule has 0 bridgehead atoms. The molecule has 5 heteroatoms. The summed E-state index contributed by atoms with van der Waals surface area (Å²) in [5, 5.41) is 2.98. The van der Waals surface area contributed by atoms with E-state index in [2.05, 4.69) is 10.3 Å². The topological polar surface area (TPSA) is 61.8 Å². The molecule has 1 amide bonds. The van der Waals surface area contributed by atoms with E-state index < -0.39 is 6.17 Å². The minimum absolute atomic E-state index is 0.0483. The van der Waals surface area contributed by atoms with Gasteiger partial charge < -0.3 is 4.90 Å². The van der Waals surface area contributed by atoms with Crippen LogP contribution in [-0.2, 0) is 9.59 Å². The summed E-state index contributed by atoms with van der Waals surface area (Å²) in [7, 11) is 0. The van der Waals surface area contributed by atoms with Crippen molar-refractivity contribution in [2.75, 3.05) is 13.1 Å². The van der Waals surface area contributed by atoms with Gasteiger partial charge in [0, 0.05) is 11.9 Å². The van der Waals surface area contributed by atoms with Crippen LogP contribution in [0.3, 0.4) is 0 Å². The molecule has 0 spiro atoms. The van der Waals surface area contributed by atoms with Gasteiger partial charge in [0.25, 0.3) is 5.91 Å². The molecule has 0 aromatic carbocycles. The van der Waals surface area contributed by atoms with Crippen LogP contribution in [0.4, 0.5) is 0 Å². The van der Waals surface area contributed by atoms with Crippen LogP contribution in [0.25, 0.3) is 0 Å². The van der Waals surface area contributed by atoms with E-state index in [-0.39, 0.29) is 18.2 Å². The number of carbonyl (C=O) groups excluding carboxylic acids is 2. The molecule has 16 heavy (non-hydrogen) atoms. The fourth-order valence-electron chi connectivity index (χ4n) is 1.43. The van der Waals surface area contributed by atoms with Crippen LogP contribution in [0.15, 0.2) is 17.3 Å². The molecule has 0 saturated carbocycles. The van der Waals surface area contributed by atoms with Gasteiger partial charge in [0.2, 0.25) is 0 Å². The number of ketones is 1. The maximum absolute atomic E-state index is 12.0. The van der Waals surface area contributed by atoms with Crippen molar-refractivity contribution in [2.24, 2.45) is 4.99 Å². The third-order valence-electron chi connectivity index (χ3n) is 2.14. The van der Waals surface area contributed by atoms with Crippen molar-refractivity contribution in [1.29, 1.82) is 0 Å². The van der Waals surface area contributed by atoms with E-state index in [9.17, 15) is 9.59 Å². The smallest absolute Gasteiger partial charge is 0.266 e. The number of amides is 1. The quantitative estimate of drug-likeness (QED) is 0.747. The molecule has 5 nitrogen and oxygen atoms in total. The highest BCUT2D eigenvalue weighted by molar-refractivity contribution is 5.98. The van der Waals surface area contributed by atoms with Gasteiger partial charge in [-0.05, 0) is 26.5 Å². The van der Waals surface area contributed by atoms with E-state index in [0.717, 1.165) is 5.71 Å². The normalized spacial score (nSPS) is 20.7. The Bertz CT molecular complexity index is 347. The maximum Gasteiger partial charge on any atom is 0.266 e. The Morgan fingerprint density at radius 1 is 1.62 bits per heavy atom. The number of hydrogen-bond donors (Lipinski definition) is 1. The fraction of sp³-hybridized carbons (Fsp3) is 0.545. The number of nitrogens with zero attached hydrogens (tertiary/aromatic N) is 2. The van der Waals surface area contributed by atoms with Crippen molar-refractivity contribution < 1.29 is 9.59 Å². The van der Waals surface area contributed by atoms with Gasteiger partial charge in [-0.3, -0.25) is 19.9 Å². The van der Waals surface area contributed by atoms with Gasteiger partial charge in [0.05, 0.1) is 6.54 Å². The van der Waals surface area contributed by atoms with E-state index in [1.807, 2.05) is 13.8 Å². The summed E-state index contributed by atoms with van der Waals surface area (Å²) >= 11 is 0. The lowest BCUT2D eigenvalue weighted by molar-refractivity contribution is -0.133. The Morgan fingerprint density at radius 3 is 2.88 bits per heavy atom. The van der Waals surface area contributed by atoms with Crippen molar-refractivity contribution in [3.8, 4) is 0 Å². The zero-order chi connectivity index (χ0) is 12.1. The van der Waals surface area contributed by atoms with Crippen molar-refractivity contribution in [1.82, 2.24) is 10.2 Å². The molecule has 1 unspecified atom stereocenters. The molecule has 0 radical (unpaired) electrons. The average molecular weight is 223 g/mol. The predicted octanol–water partition coefficient (Wildman–Crippen LogP) is 0.328. The highest BCUT2D eigenvalue weighted by Gasteiger charge is 2.24. The Kier molecular flexibility index (Phi) is 4.37. The molecule has 0 aromatic heterocycles. The number of nitrogens with one attached hydrogen (secondary N) is 1. The van der Waals surface area contributed by atoms with E-state index in [1.165, 1.54) is 11.8 Å². The van der Waals surface area contributed by atoms with E-state index in [0.29, 0.717) is 6.54 Å². The lowest BCUT2D eigenvalue weighted by atomic mass is 10.3. The Balaban J connectivity index is 2.85. The summed E-state index contributed by atoms with van der Waals surface area (Å²) in [6.07, 6.45) is 2.76. The molecule has 0 fully saturated rings. The summed E-state index contributed by atoms with van der Waals surface area (Å²) < 4.78 is 0. The Labute approximate surface area is 95.2 Å². The van der Waals surface area contributed by atoms with E-state index in [4.69, 9.17) is 0 Å². The first-order valence-electron chi connectivity index (χ1n) is 5.30. The minimum Gasteiger partial charge on any atom is -0.309 e. The summed E-state index contributed by atoms with van der Waals surface area (Å²) in [5.41, 5.74) is 0.769. The van der Waals surface area contributed by atoms with E-state index >= 15 is 0 Å². The SMILES string of the molecule is CCNC1N=C(C)C=CN(CC(C)=O)C1=O. The van der Waals surface area contributed by atoms with Crippen molar-refractivity contribution in [3.05, 3.63) is 12.3 Å². The lowest BCUT2D eigenvalue weighted by Crippen LogP contribution is -2.44. The number of aliphatic imine (C=N–C) groups is 1. The van der Waals surface area contributed by atoms with Gasteiger partial charge in [-0.25, -0.2) is 0 Å². The fourth-order valence-corrected chi connectivity index (χ4v) is 1.43. The van der Waals surface area contributed by atoms with Gasteiger partial charge in [-0.15, -0.1) is 0 Å². The molecule has 88 valence electrons. The zero-order valence-corrected chi connectivity index (χ0v) is 9.86. The average Bonchev–Trinajstić information content (AvgIpc) is 2.32. The molecule has 0 saturated heterocycles. The Morgan fingerprint density at radius 2 is 2.31 bits per heavy atom. The molecule has 1 rings (SSSR count). The summed E-state index contributed by atoms with van der Waals surface area (Å²) in [5.74, 6) is -0.238. The number of carbonyl (C=O) groups is 2. The first-order chi connectivity index (χ1) is 7.54. The minimum atomic E-state index is -0.584. The second-order valence-electron chi connectivity index (χ2n) is 3.71. The standard InChI is InChI=1S/C11H17N3O2/c1-4-12-10-11(16)14(7-9(3)15)6-5-8(2)13-10/h5-6,10,12H,4,7H2,1-3H3. The van der Waals surface area contributed by atoms with Crippen LogP contribution >= 0.6 is 0 Å². The first-order valence-corrected chi connectivity index (χ1v) is 5.30. The molecule has 1 aliphatic heterocycles. The van der Waals surface area contributed by atoms with Crippen molar-refractivity contribution in [2.45, 2.75) is 26.9 Å².